The number of aromatic nitrogens is 1. The number of pyridine rings is 1. The van der Waals surface area contributed by atoms with Gasteiger partial charge in [-0.1, -0.05) is 18.2 Å². The van der Waals surface area contributed by atoms with Gasteiger partial charge in [-0.3, -0.25) is 4.98 Å². The molecule has 0 radical (unpaired) electrons. The summed E-state index contributed by atoms with van der Waals surface area (Å²) in [5.41, 5.74) is 1.95. The fraction of sp³-hybridized carbons (Fsp3) is 0.0769. The fourth-order valence-electron chi connectivity index (χ4n) is 1.84. The first-order chi connectivity index (χ1) is 7.75. The molecule has 3 aromatic rings. The van der Waals surface area contributed by atoms with Crippen LogP contribution >= 0.6 is 0 Å². The molecule has 0 saturated heterocycles. The van der Waals surface area contributed by atoms with Crippen LogP contribution in [0.1, 0.15) is 5.56 Å². The molecule has 0 aliphatic heterocycles. The number of hydrogen-bond donors (Lipinski definition) is 0. The summed E-state index contributed by atoms with van der Waals surface area (Å²) in [5, 5.41) is 1.42. The summed E-state index contributed by atoms with van der Waals surface area (Å²) in [6.45, 7) is 1.92. The Morgan fingerprint density at radius 2 is 1.94 bits per heavy atom. The first-order valence-electron chi connectivity index (χ1n) is 5.04. The molecule has 0 bridgehead atoms. The number of nitrogens with zero attached hydrogens (tertiary/aromatic N) is 1. The van der Waals surface area contributed by atoms with Crippen LogP contribution in [0.3, 0.4) is 0 Å². The van der Waals surface area contributed by atoms with Crippen molar-refractivity contribution in [2.24, 2.45) is 0 Å². The summed E-state index contributed by atoms with van der Waals surface area (Å²) in [7, 11) is 0. The molecule has 0 aliphatic carbocycles. The molecule has 2 aromatic heterocycles. The second-order valence-corrected chi connectivity index (χ2v) is 3.79. The third-order valence-corrected chi connectivity index (χ3v) is 2.59. The third kappa shape index (κ3) is 1.21. The zero-order valence-corrected chi connectivity index (χ0v) is 8.73. The molecule has 0 unspecified atom stereocenters. The highest BCUT2D eigenvalue weighted by Crippen LogP contribution is 2.20. The van der Waals surface area contributed by atoms with Gasteiger partial charge in [0.05, 0.1) is 5.39 Å². The molecule has 0 saturated carbocycles. The molecule has 0 N–H and O–H groups in total. The second kappa shape index (κ2) is 3.17. The Bertz CT molecular complexity index is 744. The molecule has 0 fully saturated rings. The molecule has 2 heterocycles. The van der Waals surface area contributed by atoms with Gasteiger partial charge in [-0.15, -0.1) is 0 Å². The van der Waals surface area contributed by atoms with Crippen LogP contribution < -0.4 is 5.63 Å². The lowest BCUT2D eigenvalue weighted by molar-refractivity contribution is 0.568. The van der Waals surface area contributed by atoms with Crippen LogP contribution in [0.5, 0.6) is 0 Å². The zero-order chi connectivity index (χ0) is 11.1. The normalized spacial score (nSPS) is 11.1. The average molecular weight is 211 g/mol. The van der Waals surface area contributed by atoms with Gasteiger partial charge in [0.25, 0.3) is 0 Å². The zero-order valence-electron chi connectivity index (χ0n) is 8.73. The highest BCUT2D eigenvalue weighted by molar-refractivity contribution is 6.01. The summed E-state index contributed by atoms with van der Waals surface area (Å²) in [5.74, 6) is 0. The Balaban J connectivity index is 2.64. The van der Waals surface area contributed by atoms with Crippen molar-refractivity contribution < 1.29 is 4.42 Å². The molecular formula is C13H9NO2. The van der Waals surface area contributed by atoms with E-state index in [1.165, 1.54) is 0 Å². The van der Waals surface area contributed by atoms with E-state index in [1.807, 2.05) is 31.2 Å². The van der Waals surface area contributed by atoms with E-state index in [4.69, 9.17) is 4.42 Å². The standard InChI is InChI=1S/C13H9NO2/c1-8-6-11-12(14-7-8)9-4-2-3-5-10(9)13(15)16-11/h2-7H,1H3. The van der Waals surface area contributed by atoms with E-state index in [0.717, 1.165) is 16.5 Å². The fourth-order valence-corrected chi connectivity index (χ4v) is 1.84. The summed E-state index contributed by atoms with van der Waals surface area (Å²) >= 11 is 0. The van der Waals surface area contributed by atoms with Crippen molar-refractivity contribution in [1.82, 2.24) is 4.98 Å². The molecular weight excluding hydrogens is 202 g/mol. The van der Waals surface area contributed by atoms with Gasteiger partial charge in [-0.2, -0.15) is 0 Å². The molecule has 16 heavy (non-hydrogen) atoms. The van der Waals surface area contributed by atoms with Crippen molar-refractivity contribution in [3.05, 3.63) is 52.5 Å². The monoisotopic (exact) mass is 211 g/mol. The Hall–Kier alpha value is -2.16. The Morgan fingerprint density at radius 1 is 1.19 bits per heavy atom. The molecule has 1 aromatic carbocycles. The van der Waals surface area contributed by atoms with Crippen molar-refractivity contribution in [2.45, 2.75) is 6.92 Å². The molecule has 0 amide bonds. The summed E-state index contributed by atoms with van der Waals surface area (Å²) < 4.78 is 5.24. The lowest BCUT2D eigenvalue weighted by Crippen LogP contribution is -2.00. The maximum atomic E-state index is 11.7. The number of aryl methyl sites for hydroxylation is 1. The Morgan fingerprint density at radius 3 is 2.75 bits per heavy atom. The van der Waals surface area contributed by atoms with Crippen LogP contribution in [0.2, 0.25) is 0 Å². The van der Waals surface area contributed by atoms with Crippen LogP contribution in [0.25, 0.3) is 21.9 Å². The van der Waals surface area contributed by atoms with Crippen molar-refractivity contribution in [3.63, 3.8) is 0 Å². The lowest BCUT2D eigenvalue weighted by Gasteiger charge is -2.01. The highest BCUT2D eigenvalue weighted by Gasteiger charge is 2.07. The van der Waals surface area contributed by atoms with E-state index in [9.17, 15) is 4.79 Å². The van der Waals surface area contributed by atoms with Crippen LogP contribution in [0.4, 0.5) is 0 Å². The van der Waals surface area contributed by atoms with E-state index in [1.54, 1.807) is 12.3 Å². The van der Waals surface area contributed by atoms with Gasteiger partial charge in [0, 0.05) is 11.6 Å². The van der Waals surface area contributed by atoms with Crippen LogP contribution in [-0.2, 0) is 0 Å². The molecule has 0 spiro atoms. The van der Waals surface area contributed by atoms with Crippen LogP contribution in [0.15, 0.2) is 45.7 Å². The number of hydrogen-bond acceptors (Lipinski definition) is 3. The van der Waals surface area contributed by atoms with Gasteiger partial charge in [-0.25, -0.2) is 4.79 Å². The molecule has 0 aliphatic rings. The van der Waals surface area contributed by atoms with E-state index in [0.29, 0.717) is 11.0 Å². The van der Waals surface area contributed by atoms with Gasteiger partial charge in [0.15, 0.2) is 5.58 Å². The van der Waals surface area contributed by atoms with E-state index >= 15 is 0 Å². The van der Waals surface area contributed by atoms with Crippen LogP contribution in [0, 0.1) is 6.92 Å². The maximum Gasteiger partial charge on any atom is 0.344 e. The minimum absolute atomic E-state index is 0.310. The maximum absolute atomic E-state index is 11.7. The predicted octanol–water partition coefficient (Wildman–Crippen LogP) is 2.65. The van der Waals surface area contributed by atoms with Crippen molar-refractivity contribution >= 4 is 21.9 Å². The summed E-state index contributed by atoms with van der Waals surface area (Å²) in [6.07, 6.45) is 1.77. The van der Waals surface area contributed by atoms with Crippen molar-refractivity contribution in [1.29, 1.82) is 0 Å². The first kappa shape index (κ1) is 9.09. The molecule has 0 atom stereocenters. The minimum Gasteiger partial charge on any atom is -0.421 e. The van der Waals surface area contributed by atoms with E-state index in [2.05, 4.69) is 4.98 Å². The third-order valence-electron chi connectivity index (χ3n) is 2.59. The predicted molar refractivity (Wildman–Crippen MR) is 62.5 cm³/mol. The average Bonchev–Trinajstić information content (AvgIpc) is 2.29. The van der Waals surface area contributed by atoms with Crippen molar-refractivity contribution in [2.75, 3.05) is 0 Å². The number of rotatable bonds is 0. The van der Waals surface area contributed by atoms with Gasteiger partial charge in [-0.05, 0) is 24.6 Å². The van der Waals surface area contributed by atoms with Gasteiger partial charge in [0.2, 0.25) is 0 Å². The minimum atomic E-state index is -0.310. The smallest absolute Gasteiger partial charge is 0.344 e. The summed E-state index contributed by atoms with van der Waals surface area (Å²) in [4.78, 5) is 16.0. The van der Waals surface area contributed by atoms with Crippen molar-refractivity contribution in [3.8, 4) is 0 Å². The summed E-state index contributed by atoms with van der Waals surface area (Å²) in [6, 6.07) is 9.18. The van der Waals surface area contributed by atoms with E-state index < -0.39 is 0 Å². The van der Waals surface area contributed by atoms with Crippen LogP contribution in [-0.4, -0.2) is 4.98 Å². The topological polar surface area (TPSA) is 43.1 Å². The largest absolute Gasteiger partial charge is 0.421 e. The van der Waals surface area contributed by atoms with E-state index in [-0.39, 0.29) is 5.63 Å². The Labute approximate surface area is 91.3 Å². The number of fused-ring (bicyclic) bond motifs is 3. The molecule has 3 heteroatoms. The molecule has 3 rings (SSSR count). The Kier molecular flexibility index (Phi) is 1.80. The quantitative estimate of drug-likeness (QED) is 0.537. The molecule has 78 valence electrons. The highest BCUT2D eigenvalue weighted by atomic mass is 16.4. The van der Waals surface area contributed by atoms with Gasteiger partial charge >= 0.3 is 5.63 Å². The molecule has 3 nitrogen and oxygen atoms in total. The SMILES string of the molecule is Cc1cnc2c(c1)oc(=O)c1ccccc12. The first-order valence-corrected chi connectivity index (χ1v) is 5.04. The van der Waals surface area contributed by atoms with Gasteiger partial charge in [0.1, 0.15) is 5.52 Å². The number of benzene rings is 1. The van der Waals surface area contributed by atoms with Gasteiger partial charge < -0.3 is 4.42 Å². The second-order valence-electron chi connectivity index (χ2n) is 3.79. The lowest BCUT2D eigenvalue weighted by atomic mass is 10.1.